The summed E-state index contributed by atoms with van der Waals surface area (Å²) in [7, 11) is 0. The van der Waals surface area contributed by atoms with E-state index in [-0.39, 0.29) is 0 Å². The summed E-state index contributed by atoms with van der Waals surface area (Å²) in [5.74, 6) is 0.956. The zero-order valence-corrected chi connectivity index (χ0v) is 17.1. The van der Waals surface area contributed by atoms with Gasteiger partial charge in [0.2, 0.25) is 5.95 Å². The number of aromatic nitrogens is 5. The van der Waals surface area contributed by atoms with Crippen molar-refractivity contribution in [3.8, 4) is 11.5 Å². The highest BCUT2D eigenvalue weighted by molar-refractivity contribution is 5.49. The fourth-order valence-corrected chi connectivity index (χ4v) is 3.07. The summed E-state index contributed by atoms with van der Waals surface area (Å²) < 4.78 is 17.6. The van der Waals surface area contributed by atoms with Crippen molar-refractivity contribution in [2.24, 2.45) is 0 Å². The second kappa shape index (κ2) is 9.28. The molecule has 0 radical (unpaired) electrons. The Kier molecular flexibility index (Phi) is 6.54. The number of hydrogen-bond donors (Lipinski definition) is 0. The van der Waals surface area contributed by atoms with Crippen LogP contribution in [0, 0.1) is 5.95 Å². The van der Waals surface area contributed by atoms with Gasteiger partial charge >= 0.3 is 0 Å². The van der Waals surface area contributed by atoms with Crippen molar-refractivity contribution in [1.29, 1.82) is 0 Å². The standard InChI is InChI=1S/C23H26FN5/c1-5-14-29-20(12-11-17(4)6-2)18(7-3)27-22(29)16-28-15-13-25-23(28)19-9-8-10-21(24)26-19/h5,7-13,15H,1,6,14,16H2,2-4H3/b17-11+,18-7+,20-12+. The molecule has 0 saturated carbocycles. The molecule has 3 heterocycles. The SMILES string of the molecule is C=CCn1c(Cn2ccnc2-c2cccc(F)n2)nc(=C/C)/c1=C\C=C(/C)CC. The van der Waals surface area contributed by atoms with Crippen LogP contribution in [0.5, 0.6) is 0 Å². The lowest BCUT2D eigenvalue weighted by Gasteiger charge is -2.09. The Labute approximate surface area is 170 Å². The predicted octanol–water partition coefficient (Wildman–Crippen LogP) is 3.45. The first-order valence-electron chi connectivity index (χ1n) is 9.71. The van der Waals surface area contributed by atoms with Crippen LogP contribution in [0.15, 0.2) is 54.9 Å². The molecule has 0 spiro atoms. The fourth-order valence-electron chi connectivity index (χ4n) is 3.07. The molecular weight excluding hydrogens is 365 g/mol. The molecule has 0 bridgehead atoms. The van der Waals surface area contributed by atoms with Gasteiger partial charge in [-0.3, -0.25) is 0 Å². The topological polar surface area (TPSA) is 48.5 Å². The molecule has 0 fully saturated rings. The molecule has 3 rings (SSSR count). The van der Waals surface area contributed by atoms with Crippen LogP contribution in [0.2, 0.25) is 0 Å². The molecule has 0 aliphatic rings. The molecule has 6 heteroatoms. The molecule has 0 amide bonds. The summed E-state index contributed by atoms with van der Waals surface area (Å²) in [5, 5.41) is 1.97. The number of nitrogens with zero attached hydrogens (tertiary/aromatic N) is 5. The Bertz CT molecular complexity index is 1150. The van der Waals surface area contributed by atoms with Crippen LogP contribution >= 0.6 is 0 Å². The van der Waals surface area contributed by atoms with Crippen molar-refractivity contribution in [1.82, 2.24) is 24.1 Å². The first-order chi connectivity index (χ1) is 14.1. The molecule has 0 unspecified atom stereocenters. The summed E-state index contributed by atoms with van der Waals surface area (Å²) in [4.78, 5) is 13.2. The number of pyridine rings is 1. The van der Waals surface area contributed by atoms with Gasteiger partial charge in [0.1, 0.15) is 11.5 Å². The molecule has 0 saturated heterocycles. The smallest absolute Gasteiger partial charge is 0.213 e. The van der Waals surface area contributed by atoms with Gasteiger partial charge in [0.15, 0.2) is 5.82 Å². The summed E-state index contributed by atoms with van der Waals surface area (Å²) >= 11 is 0. The summed E-state index contributed by atoms with van der Waals surface area (Å²) in [6.07, 6.45) is 12.7. The molecule has 0 atom stereocenters. The van der Waals surface area contributed by atoms with Gasteiger partial charge in [-0.1, -0.05) is 36.8 Å². The van der Waals surface area contributed by atoms with Crippen molar-refractivity contribution in [2.75, 3.05) is 0 Å². The average molecular weight is 391 g/mol. The number of halogens is 1. The molecule has 0 N–H and O–H groups in total. The lowest BCUT2D eigenvalue weighted by atomic mass is 10.2. The Morgan fingerprint density at radius 1 is 1.28 bits per heavy atom. The Balaban J connectivity index is 2.09. The highest BCUT2D eigenvalue weighted by Gasteiger charge is 2.13. The van der Waals surface area contributed by atoms with Gasteiger partial charge in [0.05, 0.1) is 17.2 Å². The minimum absolute atomic E-state index is 0.493. The molecule has 3 aromatic rings. The lowest BCUT2D eigenvalue weighted by Crippen LogP contribution is -2.30. The number of hydrogen-bond acceptors (Lipinski definition) is 3. The van der Waals surface area contributed by atoms with Crippen LogP contribution in [-0.4, -0.2) is 24.1 Å². The molecular formula is C23H26FN5. The minimum Gasteiger partial charge on any atom is -0.323 e. The van der Waals surface area contributed by atoms with Crippen LogP contribution in [0.4, 0.5) is 4.39 Å². The van der Waals surface area contributed by atoms with Crippen LogP contribution in [-0.2, 0) is 13.1 Å². The van der Waals surface area contributed by atoms with Crippen LogP contribution < -0.4 is 10.7 Å². The quantitative estimate of drug-likeness (QED) is 0.458. The van der Waals surface area contributed by atoms with Crippen molar-refractivity contribution in [3.05, 3.63) is 77.4 Å². The van der Waals surface area contributed by atoms with E-state index >= 15 is 0 Å². The molecule has 3 aromatic heterocycles. The maximum atomic E-state index is 13.6. The van der Waals surface area contributed by atoms with E-state index in [0.717, 1.165) is 22.9 Å². The van der Waals surface area contributed by atoms with Crippen molar-refractivity contribution >= 4 is 12.2 Å². The first kappa shape index (κ1) is 20.5. The third kappa shape index (κ3) is 4.59. The Morgan fingerprint density at radius 2 is 2.10 bits per heavy atom. The number of imidazole rings is 2. The maximum Gasteiger partial charge on any atom is 0.213 e. The summed E-state index contributed by atoms with van der Waals surface area (Å²) in [6, 6.07) is 4.71. The fraction of sp³-hybridized carbons (Fsp3) is 0.261. The largest absolute Gasteiger partial charge is 0.323 e. The molecule has 0 aliphatic heterocycles. The summed E-state index contributed by atoms with van der Waals surface area (Å²) in [6.45, 7) is 11.3. The van der Waals surface area contributed by atoms with Crippen molar-refractivity contribution in [2.45, 2.75) is 40.3 Å². The van der Waals surface area contributed by atoms with Gasteiger partial charge in [0.25, 0.3) is 0 Å². The summed E-state index contributed by atoms with van der Waals surface area (Å²) in [5.41, 5.74) is 1.79. The maximum absolute atomic E-state index is 13.6. The molecule has 0 aromatic carbocycles. The van der Waals surface area contributed by atoms with E-state index in [9.17, 15) is 4.39 Å². The van der Waals surface area contributed by atoms with Gasteiger partial charge in [-0.2, -0.15) is 4.39 Å². The third-order valence-corrected chi connectivity index (χ3v) is 4.75. The predicted molar refractivity (Wildman–Crippen MR) is 115 cm³/mol. The molecule has 0 aliphatic carbocycles. The minimum atomic E-state index is -0.525. The first-order valence-corrected chi connectivity index (χ1v) is 9.71. The second-order valence-corrected chi connectivity index (χ2v) is 6.74. The normalized spacial score (nSPS) is 13.3. The van der Waals surface area contributed by atoms with E-state index in [4.69, 9.17) is 4.98 Å². The van der Waals surface area contributed by atoms with Gasteiger partial charge in [0, 0.05) is 18.9 Å². The van der Waals surface area contributed by atoms with E-state index in [0.29, 0.717) is 24.6 Å². The second-order valence-electron chi connectivity index (χ2n) is 6.74. The number of allylic oxidation sites excluding steroid dienone is 3. The Morgan fingerprint density at radius 3 is 2.79 bits per heavy atom. The molecule has 5 nitrogen and oxygen atoms in total. The highest BCUT2D eigenvalue weighted by Crippen LogP contribution is 2.16. The third-order valence-electron chi connectivity index (χ3n) is 4.75. The van der Waals surface area contributed by atoms with Crippen molar-refractivity contribution in [3.63, 3.8) is 0 Å². The zero-order chi connectivity index (χ0) is 20.8. The van der Waals surface area contributed by atoms with E-state index in [1.165, 1.54) is 11.6 Å². The van der Waals surface area contributed by atoms with Gasteiger partial charge < -0.3 is 9.13 Å². The van der Waals surface area contributed by atoms with E-state index in [1.54, 1.807) is 18.3 Å². The van der Waals surface area contributed by atoms with E-state index in [1.807, 2.05) is 29.8 Å². The van der Waals surface area contributed by atoms with Gasteiger partial charge in [-0.25, -0.2) is 15.0 Å². The van der Waals surface area contributed by atoms with E-state index < -0.39 is 5.95 Å². The molecule has 150 valence electrons. The average Bonchev–Trinajstić information content (AvgIpc) is 3.31. The van der Waals surface area contributed by atoms with Crippen LogP contribution in [0.25, 0.3) is 23.7 Å². The number of rotatable bonds is 7. The van der Waals surface area contributed by atoms with Crippen molar-refractivity contribution < 1.29 is 4.39 Å². The van der Waals surface area contributed by atoms with Crippen LogP contribution in [0.3, 0.4) is 0 Å². The van der Waals surface area contributed by atoms with E-state index in [2.05, 4.69) is 47.1 Å². The monoisotopic (exact) mass is 391 g/mol. The van der Waals surface area contributed by atoms with Gasteiger partial charge in [-0.15, -0.1) is 6.58 Å². The zero-order valence-electron chi connectivity index (χ0n) is 17.1. The van der Waals surface area contributed by atoms with Crippen LogP contribution in [0.1, 0.15) is 33.0 Å². The molecule has 29 heavy (non-hydrogen) atoms. The highest BCUT2D eigenvalue weighted by atomic mass is 19.1. The Hall–Kier alpha value is -3.28. The lowest BCUT2D eigenvalue weighted by molar-refractivity contribution is 0.584. The van der Waals surface area contributed by atoms with Gasteiger partial charge in [-0.05, 0) is 38.5 Å².